The Labute approximate surface area is 198 Å². The summed E-state index contributed by atoms with van der Waals surface area (Å²) in [5.41, 5.74) is 14.8. The van der Waals surface area contributed by atoms with E-state index in [-0.39, 0.29) is 16.8 Å². The molecule has 0 aliphatic carbocycles. The molecule has 3 rings (SSSR count). The van der Waals surface area contributed by atoms with Gasteiger partial charge in [0.2, 0.25) is 5.91 Å². The highest BCUT2D eigenvalue weighted by Gasteiger charge is 2.54. The lowest BCUT2D eigenvalue weighted by atomic mass is 10.00. The summed E-state index contributed by atoms with van der Waals surface area (Å²) in [6.07, 6.45) is -5.26. The minimum Gasteiger partial charge on any atom is -0.477 e. The summed E-state index contributed by atoms with van der Waals surface area (Å²) < 4.78 is 41.9. The molecule has 0 saturated carbocycles. The van der Waals surface area contributed by atoms with Crippen molar-refractivity contribution in [2.24, 2.45) is 10.8 Å². The summed E-state index contributed by atoms with van der Waals surface area (Å²) in [7, 11) is 0. The number of rotatable bonds is 7. The van der Waals surface area contributed by atoms with Crippen LogP contribution in [-0.4, -0.2) is 57.1 Å². The maximum absolute atomic E-state index is 12.7. The number of carboxylic acids is 1. The fraction of sp³-hybridized carbons (Fsp3) is 0.368. The zero-order valence-corrected chi connectivity index (χ0v) is 18.6. The maximum Gasteiger partial charge on any atom is 0.491 e. The molecule has 3 atom stereocenters. The average Bonchev–Trinajstić information content (AvgIpc) is 2.80. The van der Waals surface area contributed by atoms with Crippen LogP contribution in [0.4, 0.5) is 13.2 Å². The van der Waals surface area contributed by atoms with Gasteiger partial charge in [0.25, 0.3) is 5.91 Å². The van der Waals surface area contributed by atoms with E-state index < -0.39 is 59.7 Å². The molecule has 12 nitrogen and oxygen atoms in total. The summed E-state index contributed by atoms with van der Waals surface area (Å²) in [6, 6.07) is 0.807. The monoisotopic (exact) mass is 514 g/mol. The number of thioether (sulfide) groups is 1. The molecule has 16 heteroatoms. The molecule has 2 aliphatic heterocycles. The molecule has 1 saturated heterocycles. The number of azide groups is 1. The first kappa shape index (κ1) is 25.9. The second-order valence-electron chi connectivity index (χ2n) is 7.45. The van der Waals surface area contributed by atoms with E-state index in [4.69, 9.17) is 11.3 Å². The van der Waals surface area contributed by atoms with E-state index in [0.717, 1.165) is 23.1 Å². The number of nitrogens with two attached hydrogens (primary N) is 1. The molecular formula is C19H17F3N6O6S. The van der Waals surface area contributed by atoms with Crippen molar-refractivity contribution in [2.45, 2.75) is 37.1 Å². The van der Waals surface area contributed by atoms with Crippen molar-refractivity contribution < 1.29 is 42.2 Å². The first-order valence-corrected chi connectivity index (χ1v) is 10.8. The third-order valence-electron chi connectivity index (χ3n) is 5.12. The number of ether oxygens (including phenoxy) is 1. The predicted molar refractivity (Wildman–Crippen MR) is 113 cm³/mol. The second kappa shape index (κ2) is 9.85. The van der Waals surface area contributed by atoms with Gasteiger partial charge in [-0.3, -0.25) is 14.5 Å². The maximum atomic E-state index is 12.7. The Balaban J connectivity index is 1.76. The van der Waals surface area contributed by atoms with Crippen LogP contribution in [0.2, 0.25) is 0 Å². The molecule has 2 amide bonds. The number of aliphatic carboxylic acids is 1. The summed E-state index contributed by atoms with van der Waals surface area (Å²) in [5, 5.41) is 14.4. The molecular weight excluding hydrogens is 497 g/mol. The zero-order chi connectivity index (χ0) is 26.1. The number of alkyl halides is 3. The van der Waals surface area contributed by atoms with Gasteiger partial charge in [-0.15, -0.1) is 11.8 Å². The summed E-state index contributed by atoms with van der Waals surface area (Å²) >= 11 is 1.27. The number of benzene rings is 1. The van der Waals surface area contributed by atoms with Crippen LogP contribution >= 0.6 is 11.8 Å². The highest BCUT2D eigenvalue weighted by molar-refractivity contribution is 8.00. The Bertz CT molecular complexity index is 1180. The van der Waals surface area contributed by atoms with E-state index in [0.29, 0.717) is 11.3 Å². The average molecular weight is 514 g/mol. The van der Waals surface area contributed by atoms with Crippen LogP contribution < -0.4 is 15.8 Å². The smallest absolute Gasteiger partial charge is 0.477 e. The minimum absolute atomic E-state index is 0.0688. The van der Waals surface area contributed by atoms with E-state index in [9.17, 15) is 37.5 Å². The van der Waals surface area contributed by atoms with E-state index >= 15 is 0 Å². The van der Waals surface area contributed by atoms with Crippen LogP contribution in [0, 0.1) is 0 Å². The number of carbonyl (C=O) groups excluding carboxylic acids is 3. The quantitative estimate of drug-likeness (QED) is 0.122. The topological polar surface area (TPSA) is 188 Å². The third kappa shape index (κ3) is 5.18. The second-order valence-corrected chi connectivity index (χ2v) is 8.56. The van der Waals surface area contributed by atoms with Gasteiger partial charge in [-0.1, -0.05) is 11.2 Å². The number of nitrogens with zero attached hydrogens (tertiary/aromatic N) is 4. The van der Waals surface area contributed by atoms with Gasteiger partial charge in [0.1, 0.15) is 28.9 Å². The number of hydrogen-bond donors (Lipinski definition) is 3. The highest BCUT2D eigenvalue weighted by Crippen LogP contribution is 2.40. The van der Waals surface area contributed by atoms with Gasteiger partial charge in [0.15, 0.2) is 0 Å². The van der Waals surface area contributed by atoms with Gasteiger partial charge in [0.05, 0.1) is 6.54 Å². The Morgan fingerprint density at radius 1 is 1.43 bits per heavy atom. The van der Waals surface area contributed by atoms with Crippen LogP contribution in [-0.2, 0) is 25.7 Å². The molecule has 0 spiro atoms. The molecule has 0 radical (unpaired) electrons. The lowest BCUT2D eigenvalue weighted by Gasteiger charge is -2.49. The van der Waals surface area contributed by atoms with Gasteiger partial charge < -0.3 is 20.9 Å². The lowest BCUT2D eigenvalue weighted by molar-refractivity contribution is -0.189. The number of hydrogen-bond acceptors (Lipinski definition) is 8. The highest BCUT2D eigenvalue weighted by atomic mass is 32.2. The lowest BCUT2D eigenvalue weighted by Crippen LogP contribution is -2.71. The Morgan fingerprint density at radius 3 is 2.71 bits per heavy atom. The number of carbonyl (C=O) groups is 4. The Morgan fingerprint density at radius 2 is 2.11 bits per heavy atom. The largest absolute Gasteiger partial charge is 0.491 e. The van der Waals surface area contributed by atoms with Crippen molar-refractivity contribution in [2.75, 3.05) is 5.75 Å². The van der Waals surface area contributed by atoms with E-state index in [1.165, 1.54) is 11.8 Å². The number of esters is 1. The molecule has 0 aromatic heterocycles. The first-order valence-electron chi connectivity index (χ1n) is 9.73. The SMILES string of the molecule is CC1=C(C(=O)O)N2C(=O)C(NC(=O)C(N)c3ccc(OC(=O)C(F)(F)F)c(CN=[N+]=[N-])c3)C2SC1. The molecule has 2 aliphatic rings. The fourth-order valence-electron chi connectivity index (χ4n) is 3.45. The number of fused-ring (bicyclic) bond motifs is 1. The number of carboxylic acid groups (broad SMARTS) is 1. The summed E-state index contributed by atoms with van der Waals surface area (Å²) in [6.45, 7) is 1.09. The van der Waals surface area contributed by atoms with Gasteiger partial charge >= 0.3 is 18.1 Å². The van der Waals surface area contributed by atoms with Crippen molar-refractivity contribution in [1.82, 2.24) is 10.2 Å². The van der Waals surface area contributed by atoms with Crippen molar-refractivity contribution in [3.8, 4) is 5.75 Å². The number of amides is 2. The molecule has 35 heavy (non-hydrogen) atoms. The van der Waals surface area contributed by atoms with Crippen molar-refractivity contribution >= 4 is 35.5 Å². The van der Waals surface area contributed by atoms with Gasteiger partial charge in [-0.05, 0) is 35.7 Å². The van der Waals surface area contributed by atoms with Crippen molar-refractivity contribution in [1.29, 1.82) is 0 Å². The van der Waals surface area contributed by atoms with E-state index in [2.05, 4.69) is 20.1 Å². The van der Waals surface area contributed by atoms with Crippen molar-refractivity contribution in [3.63, 3.8) is 0 Å². The number of β-lactam (4-membered cyclic amide) rings is 1. The van der Waals surface area contributed by atoms with E-state index in [1.54, 1.807) is 6.92 Å². The fourth-order valence-corrected chi connectivity index (χ4v) is 4.74. The van der Waals surface area contributed by atoms with E-state index in [1.807, 2.05) is 0 Å². The number of nitrogens with one attached hydrogen (secondary N) is 1. The van der Waals surface area contributed by atoms with Crippen LogP contribution in [0.1, 0.15) is 24.1 Å². The summed E-state index contributed by atoms with van der Waals surface area (Å²) in [4.78, 5) is 51.5. The third-order valence-corrected chi connectivity index (χ3v) is 6.55. The van der Waals surface area contributed by atoms with Gasteiger partial charge in [0, 0.05) is 16.2 Å². The molecule has 1 fully saturated rings. The van der Waals surface area contributed by atoms with Crippen molar-refractivity contribution in [3.05, 3.63) is 51.0 Å². The molecule has 2 heterocycles. The normalized spacial score (nSPS) is 20.3. The molecule has 3 unspecified atom stereocenters. The molecule has 1 aromatic rings. The Hall–Kier alpha value is -3.75. The van der Waals surface area contributed by atoms with Crippen LogP contribution in [0.25, 0.3) is 10.4 Å². The minimum atomic E-state index is -5.26. The van der Waals surface area contributed by atoms with Gasteiger partial charge in [-0.2, -0.15) is 13.2 Å². The molecule has 4 N–H and O–H groups in total. The molecule has 1 aromatic carbocycles. The number of halogens is 3. The predicted octanol–water partition coefficient (Wildman–Crippen LogP) is 1.72. The van der Waals surface area contributed by atoms with Crippen LogP contribution in [0.5, 0.6) is 5.75 Å². The first-order chi connectivity index (χ1) is 16.4. The molecule has 0 bridgehead atoms. The zero-order valence-electron chi connectivity index (χ0n) is 17.8. The summed E-state index contributed by atoms with van der Waals surface area (Å²) in [5.74, 6) is -5.39. The molecule has 186 valence electrons. The standard InChI is InChI=1S/C19H17F3N6O6S/c1-7-6-35-16-12(15(30)28(16)13(7)17(31)32)26-14(29)11(23)8-2-3-10(9(4-8)5-25-27-24)34-18(33)19(20,21)22/h2-4,11-12,16H,5-6,23H2,1H3,(H,26,29)(H,31,32). The van der Waals surface area contributed by atoms with Gasteiger partial charge in [-0.25, -0.2) is 9.59 Å². The Kier molecular flexibility index (Phi) is 7.28. The van der Waals surface area contributed by atoms with Crippen LogP contribution in [0.3, 0.4) is 0 Å². The van der Waals surface area contributed by atoms with Crippen LogP contribution in [0.15, 0.2) is 34.6 Å².